The predicted octanol–water partition coefficient (Wildman–Crippen LogP) is 1.51. The van der Waals surface area contributed by atoms with E-state index in [-0.39, 0.29) is 18.9 Å². The Kier molecular flexibility index (Phi) is 5.84. The topological polar surface area (TPSA) is 68.3 Å². The highest BCUT2D eigenvalue weighted by molar-refractivity contribution is 5.98. The van der Waals surface area contributed by atoms with E-state index in [1.54, 1.807) is 18.2 Å². The molecule has 0 aliphatic carbocycles. The van der Waals surface area contributed by atoms with E-state index >= 15 is 4.39 Å². The van der Waals surface area contributed by atoms with Gasteiger partial charge in [-0.2, -0.15) is 0 Å². The van der Waals surface area contributed by atoms with Crippen LogP contribution in [0.15, 0.2) is 18.2 Å². The van der Waals surface area contributed by atoms with Crippen LogP contribution in [0.3, 0.4) is 0 Å². The van der Waals surface area contributed by atoms with Crippen molar-refractivity contribution in [1.82, 2.24) is 9.80 Å². The molecule has 1 aromatic carbocycles. The number of amides is 2. The highest BCUT2D eigenvalue weighted by atomic mass is 19.1. The molecule has 0 N–H and O–H groups in total. The Morgan fingerprint density at radius 1 is 1.11 bits per heavy atom. The van der Waals surface area contributed by atoms with Crippen LogP contribution in [-0.4, -0.2) is 80.9 Å². The fraction of sp³-hybridized carbons (Fsp3) is 0.579. The van der Waals surface area contributed by atoms with Crippen LogP contribution >= 0.6 is 0 Å². The minimum atomic E-state index is -2.06. The van der Waals surface area contributed by atoms with E-state index in [0.29, 0.717) is 56.3 Å². The summed E-state index contributed by atoms with van der Waals surface area (Å²) in [5, 5.41) is 0. The van der Waals surface area contributed by atoms with E-state index in [1.807, 2.05) is 0 Å². The second-order valence-electron chi connectivity index (χ2n) is 6.77. The number of piperidine rings is 1. The van der Waals surface area contributed by atoms with Gasteiger partial charge >= 0.3 is 0 Å². The second kappa shape index (κ2) is 8.12. The van der Waals surface area contributed by atoms with Gasteiger partial charge in [0.05, 0.1) is 39.5 Å². The van der Waals surface area contributed by atoms with Crippen molar-refractivity contribution in [1.29, 1.82) is 0 Å². The number of rotatable bonds is 4. The zero-order valence-electron chi connectivity index (χ0n) is 15.7. The minimum Gasteiger partial charge on any atom is -0.497 e. The molecule has 27 heavy (non-hydrogen) atoms. The number of benzene rings is 1. The highest BCUT2D eigenvalue weighted by Crippen LogP contribution is 2.31. The van der Waals surface area contributed by atoms with Gasteiger partial charge in [-0.05, 0) is 25.0 Å². The number of alkyl halides is 1. The van der Waals surface area contributed by atoms with Crippen molar-refractivity contribution < 1.29 is 28.2 Å². The third-order valence-corrected chi connectivity index (χ3v) is 5.05. The molecule has 2 aliphatic rings. The molecule has 0 aromatic heterocycles. The van der Waals surface area contributed by atoms with Gasteiger partial charge in [0.25, 0.3) is 11.8 Å². The zero-order chi connectivity index (χ0) is 19.4. The van der Waals surface area contributed by atoms with E-state index < -0.39 is 11.6 Å². The lowest BCUT2D eigenvalue weighted by molar-refractivity contribution is -0.151. The van der Waals surface area contributed by atoms with E-state index in [0.717, 1.165) is 0 Å². The average Bonchev–Trinajstić information content (AvgIpc) is 2.72. The molecular weight excluding hydrogens is 355 g/mol. The van der Waals surface area contributed by atoms with Crippen molar-refractivity contribution in [2.75, 3.05) is 53.6 Å². The van der Waals surface area contributed by atoms with Gasteiger partial charge in [0.1, 0.15) is 11.5 Å². The largest absolute Gasteiger partial charge is 0.497 e. The van der Waals surface area contributed by atoms with Crippen LogP contribution in [0.5, 0.6) is 11.5 Å². The van der Waals surface area contributed by atoms with Crippen LogP contribution in [-0.2, 0) is 9.53 Å². The molecule has 1 aromatic rings. The van der Waals surface area contributed by atoms with Crippen LogP contribution in [0.4, 0.5) is 4.39 Å². The monoisotopic (exact) mass is 380 g/mol. The van der Waals surface area contributed by atoms with Crippen LogP contribution in [0, 0.1) is 0 Å². The third-order valence-electron chi connectivity index (χ3n) is 5.05. The van der Waals surface area contributed by atoms with Crippen molar-refractivity contribution in [3.8, 4) is 11.5 Å². The van der Waals surface area contributed by atoms with E-state index in [1.165, 1.54) is 24.0 Å². The first-order valence-electron chi connectivity index (χ1n) is 9.06. The molecule has 0 saturated carbocycles. The van der Waals surface area contributed by atoms with Crippen molar-refractivity contribution in [2.24, 2.45) is 0 Å². The molecule has 3 rings (SSSR count). The summed E-state index contributed by atoms with van der Waals surface area (Å²) in [6.45, 7) is 1.73. The smallest absolute Gasteiger partial charge is 0.262 e. The van der Waals surface area contributed by atoms with Gasteiger partial charge in [-0.15, -0.1) is 0 Å². The molecule has 0 bridgehead atoms. The number of morpholine rings is 1. The first-order chi connectivity index (χ1) is 13.0. The summed E-state index contributed by atoms with van der Waals surface area (Å²) in [7, 11) is 2.98. The molecule has 0 spiro atoms. The van der Waals surface area contributed by atoms with Crippen molar-refractivity contribution in [3.63, 3.8) is 0 Å². The molecule has 2 amide bonds. The van der Waals surface area contributed by atoms with Crippen LogP contribution in [0.1, 0.15) is 23.2 Å². The molecule has 1 atom stereocenters. The second-order valence-corrected chi connectivity index (χ2v) is 6.77. The first-order valence-corrected chi connectivity index (χ1v) is 9.06. The maximum atomic E-state index is 15.5. The molecule has 8 heteroatoms. The van der Waals surface area contributed by atoms with Gasteiger partial charge in [-0.25, -0.2) is 4.39 Å². The van der Waals surface area contributed by atoms with Crippen molar-refractivity contribution in [3.05, 3.63) is 23.8 Å². The quantitative estimate of drug-likeness (QED) is 0.792. The molecule has 2 heterocycles. The fourth-order valence-electron chi connectivity index (χ4n) is 3.55. The molecule has 148 valence electrons. The highest BCUT2D eigenvalue weighted by Gasteiger charge is 2.46. The van der Waals surface area contributed by atoms with Gasteiger partial charge in [0.15, 0.2) is 0 Å². The van der Waals surface area contributed by atoms with Crippen LogP contribution in [0.25, 0.3) is 0 Å². The number of carbonyl (C=O) groups excluding carboxylic acids is 2. The molecule has 2 saturated heterocycles. The summed E-state index contributed by atoms with van der Waals surface area (Å²) < 4.78 is 31.2. The molecule has 7 nitrogen and oxygen atoms in total. The number of likely N-dealkylation sites (tertiary alicyclic amines) is 1. The zero-order valence-corrected chi connectivity index (χ0v) is 15.7. The predicted molar refractivity (Wildman–Crippen MR) is 95.9 cm³/mol. The number of ether oxygens (including phenoxy) is 3. The number of nitrogens with zero attached hydrogens (tertiary/aromatic N) is 2. The Hall–Kier alpha value is -2.35. The Morgan fingerprint density at radius 3 is 2.52 bits per heavy atom. The number of hydrogen-bond donors (Lipinski definition) is 0. The Labute approximate surface area is 158 Å². The standard InChI is InChI=1S/C19H25FN2O5/c1-25-14-4-5-15(16(12-14)26-2)17(23)22-7-3-6-19(20,13-22)18(24)21-8-10-27-11-9-21/h4-5,12H,3,6-11,13H2,1-2H3. The summed E-state index contributed by atoms with van der Waals surface area (Å²) in [4.78, 5) is 28.5. The lowest BCUT2D eigenvalue weighted by atomic mass is 9.92. The maximum Gasteiger partial charge on any atom is 0.262 e. The van der Waals surface area contributed by atoms with Crippen molar-refractivity contribution in [2.45, 2.75) is 18.5 Å². The van der Waals surface area contributed by atoms with Gasteiger partial charge < -0.3 is 24.0 Å². The molecule has 2 fully saturated rings. The molecule has 1 unspecified atom stereocenters. The van der Waals surface area contributed by atoms with E-state index in [9.17, 15) is 9.59 Å². The maximum absolute atomic E-state index is 15.5. The normalized spacial score (nSPS) is 23.1. The lowest BCUT2D eigenvalue weighted by Crippen LogP contribution is -2.58. The number of halogens is 1. The molecule has 0 radical (unpaired) electrons. The van der Waals surface area contributed by atoms with Crippen molar-refractivity contribution >= 4 is 11.8 Å². The summed E-state index contributed by atoms with van der Waals surface area (Å²) in [6.07, 6.45) is 0.545. The summed E-state index contributed by atoms with van der Waals surface area (Å²) in [5.41, 5.74) is -1.74. The van der Waals surface area contributed by atoms with Crippen LogP contribution in [0.2, 0.25) is 0 Å². The van der Waals surface area contributed by atoms with Crippen LogP contribution < -0.4 is 9.47 Å². The summed E-state index contributed by atoms with van der Waals surface area (Å²) in [5.74, 6) is 0.00858. The third kappa shape index (κ3) is 4.00. The summed E-state index contributed by atoms with van der Waals surface area (Å²) >= 11 is 0. The Bertz CT molecular complexity index is 707. The van der Waals surface area contributed by atoms with Gasteiger partial charge in [0, 0.05) is 25.7 Å². The Balaban J connectivity index is 1.77. The van der Waals surface area contributed by atoms with E-state index in [4.69, 9.17) is 14.2 Å². The minimum absolute atomic E-state index is 0.118. The molecule has 2 aliphatic heterocycles. The first kappa shape index (κ1) is 19.4. The van der Waals surface area contributed by atoms with E-state index in [2.05, 4.69) is 0 Å². The van der Waals surface area contributed by atoms with Gasteiger partial charge in [-0.3, -0.25) is 9.59 Å². The number of carbonyl (C=O) groups is 2. The SMILES string of the molecule is COc1ccc(C(=O)N2CCCC(F)(C(=O)N3CCOCC3)C2)c(OC)c1. The number of hydrogen-bond acceptors (Lipinski definition) is 5. The summed E-state index contributed by atoms with van der Waals surface area (Å²) in [6, 6.07) is 4.86. The number of methoxy groups -OCH3 is 2. The fourth-order valence-corrected chi connectivity index (χ4v) is 3.55. The Morgan fingerprint density at radius 2 is 1.85 bits per heavy atom. The molecular formula is C19H25FN2O5. The van der Waals surface area contributed by atoms with Gasteiger partial charge in [0.2, 0.25) is 5.67 Å². The average molecular weight is 380 g/mol. The lowest BCUT2D eigenvalue weighted by Gasteiger charge is -2.40. The van der Waals surface area contributed by atoms with Gasteiger partial charge in [-0.1, -0.05) is 0 Å².